The molecule has 128 valence electrons. The average molecular weight is 319 g/mol. The van der Waals surface area contributed by atoms with Crippen LogP contribution in [0.1, 0.15) is 35.1 Å². The highest BCUT2D eigenvalue weighted by Gasteiger charge is 2.25. The van der Waals surface area contributed by atoms with Crippen LogP contribution >= 0.6 is 0 Å². The molecule has 3 N–H and O–H groups in total. The minimum absolute atomic E-state index is 0.00160. The monoisotopic (exact) mass is 319 g/mol. The van der Waals surface area contributed by atoms with Gasteiger partial charge in [0, 0.05) is 13.1 Å². The molecule has 1 unspecified atom stereocenters. The van der Waals surface area contributed by atoms with Gasteiger partial charge in [-0.15, -0.1) is 0 Å². The molecule has 23 heavy (non-hydrogen) atoms. The summed E-state index contributed by atoms with van der Waals surface area (Å²) in [5, 5.41) is 4.91. The maximum Gasteiger partial charge on any atom is 0.225 e. The summed E-state index contributed by atoms with van der Waals surface area (Å²) in [5.41, 5.74) is 10.9. The molecule has 1 aromatic rings. The number of benzene rings is 1. The fourth-order valence-corrected chi connectivity index (χ4v) is 3.42. The van der Waals surface area contributed by atoms with E-state index in [9.17, 15) is 4.79 Å². The maximum atomic E-state index is 12.3. The van der Waals surface area contributed by atoms with Crippen LogP contribution in [-0.4, -0.2) is 37.3 Å². The van der Waals surface area contributed by atoms with Gasteiger partial charge in [0.25, 0.3) is 0 Å². The quantitative estimate of drug-likeness (QED) is 0.813. The van der Waals surface area contributed by atoms with Crippen LogP contribution in [0.4, 0.5) is 0 Å². The normalized spacial score (nSPS) is 18.0. The van der Waals surface area contributed by atoms with E-state index in [1.807, 2.05) is 5.06 Å². The second kappa shape index (κ2) is 7.90. The zero-order valence-corrected chi connectivity index (χ0v) is 14.7. The van der Waals surface area contributed by atoms with Crippen molar-refractivity contribution in [2.24, 2.45) is 11.7 Å². The molecule has 1 saturated heterocycles. The van der Waals surface area contributed by atoms with Gasteiger partial charge in [0.15, 0.2) is 0 Å². The van der Waals surface area contributed by atoms with E-state index >= 15 is 0 Å². The molecular formula is C18H29N3O2. The number of nitrogens with zero attached hydrogens (tertiary/aromatic N) is 1. The summed E-state index contributed by atoms with van der Waals surface area (Å²) >= 11 is 0. The Bertz CT molecular complexity index is 528. The number of aryl methyl sites for hydroxylation is 3. The van der Waals surface area contributed by atoms with Gasteiger partial charge in [-0.1, -0.05) is 17.7 Å². The molecule has 0 saturated carbocycles. The summed E-state index contributed by atoms with van der Waals surface area (Å²) < 4.78 is 0. The van der Waals surface area contributed by atoms with Crippen molar-refractivity contribution in [3.8, 4) is 0 Å². The number of hydroxylamine groups is 2. The Kier molecular flexibility index (Phi) is 6.16. The van der Waals surface area contributed by atoms with Crippen LogP contribution in [0.3, 0.4) is 0 Å². The van der Waals surface area contributed by atoms with E-state index in [0.29, 0.717) is 12.3 Å². The molecule has 0 aliphatic carbocycles. The Hall–Kier alpha value is -1.43. The second-order valence-electron chi connectivity index (χ2n) is 6.60. The van der Waals surface area contributed by atoms with E-state index in [0.717, 1.165) is 31.5 Å². The first-order valence-electron chi connectivity index (χ1n) is 8.31. The predicted molar refractivity (Wildman–Crippen MR) is 91.8 cm³/mol. The molecule has 1 fully saturated rings. The van der Waals surface area contributed by atoms with Crippen LogP contribution in [0.5, 0.6) is 0 Å². The molecule has 0 radical (unpaired) electrons. The van der Waals surface area contributed by atoms with Gasteiger partial charge in [0.2, 0.25) is 5.91 Å². The number of rotatable bonds is 5. The summed E-state index contributed by atoms with van der Waals surface area (Å²) in [7, 11) is 1.69. The number of amides is 1. The number of hydrogen-bond donors (Lipinski definition) is 2. The highest BCUT2D eigenvalue weighted by molar-refractivity contribution is 5.79. The Balaban J connectivity index is 1.90. The minimum atomic E-state index is -0.285. The molecule has 1 aliphatic rings. The number of piperidine rings is 1. The second-order valence-corrected chi connectivity index (χ2v) is 6.60. The molecule has 2 rings (SSSR count). The lowest BCUT2D eigenvalue weighted by molar-refractivity contribution is -0.150. The Labute approximate surface area is 139 Å². The third-order valence-corrected chi connectivity index (χ3v) is 4.77. The van der Waals surface area contributed by atoms with E-state index in [2.05, 4.69) is 38.2 Å². The van der Waals surface area contributed by atoms with E-state index in [1.165, 1.54) is 16.7 Å². The number of carbonyl (C=O) groups is 1. The van der Waals surface area contributed by atoms with Gasteiger partial charge < -0.3 is 15.9 Å². The largest absolute Gasteiger partial charge is 0.340 e. The van der Waals surface area contributed by atoms with Crippen molar-refractivity contribution in [2.45, 2.75) is 46.2 Å². The van der Waals surface area contributed by atoms with Crippen molar-refractivity contribution < 1.29 is 9.63 Å². The maximum absolute atomic E-state index is 12.3. The lowest BCUT2D eigenvalue weighted by Crippen LogP contribution is -2.50. The van der Waals surface area contributed by atoms with Crippen LogP contribution in [0, 0.1) is 26.7 Å². The van der Waals surface area contributed by atoms with Gasteiger partial charge in [0.05, 0.1) is 19.7 Å². The number of hydrogen-bond acceptors (Lipinski definition) is 4. The smallest absolute Gasteiger partial charge is 0.225 e. The molecule has 1 aliphatic heterocycles. The molecule has 5 nitrogen and oxygen atoms in total. The summed E-state index contributed by atoms with van der Waals surface area (Å²) in [6.45, 7) is 7.92. The third kappa shape index (κ3) is 4.77. The van der Waals surface area contributed by atoms with Crippen LogP contribution in [0.2, 0.25) is 0 Å². The van der Waals surface area contributed by atoms with Crippen LogP contribution in [0.25, 0.3) is 0 Å². The van der Waals surface area contributed by atoms with Crippen molar-refractivity contribution in [3.05, 3.63) is 34.4 Å². The first-order chi connectivity index (χ1) is 10.9. The number of nitrogens with one attached hydrogen (secondary N) is 1. The fourth-order valence-electron chi connectivity index (χ4n) is 3.42. The molecule has 1 atom stereocenters. The Morgan fingerprint density at radius 3 is 2.39 bits per heavy atom. The minimum Gasteiger partial charge on any atom is -0.340 e. The summed E-state index contributed by atoms with van der Waals surface area (Å²) in [6, 6.07) is 4.24. The first kappa shape index (κ1) is 17.9. The SMILES string of the molecule is CON1CCC(C(N)NC(=O)Cc2c(C)cc(C)cc2C)CC1. The molecule has 1 aromatic carbocycles. The van der Waals surface area contributed by atoms with E-state index in [-0.39, 0.29) is 12.1 Å². The molecule has 0 aromatic heterocycles. The van der Waals surface area contributed by atoms with Crippen molar-refractivity contribution >= 4 is 5.91 Å². The van der Waals surface area contributed by atoms with Crippen molar-refractivity contribution in [2.75, 3.05) is 20.2 Å². The van der Waals surface area contributed by atoms with Crippen molar-refractivity contribution in [1.82, 2.24) is 10.4 Å². The molecule has 5 heteroatoms. The summed E-state index contributed by atoms with van der Waals surface area (Å²) in [6.07, 6.45) is 1.99. The number of nitrogens with two attached hydrogens (primary N) is 1. The van der Waals surface area contributed by atoms with Gasteiger partial charge in [-0.3, -0.25) is 4.79 Å². The Morgan fingerprint density at radius 2 is 1.87 bits per heavy atom. The van der Waals surface area contributed by atoms with E-state index in [1.54, 1.807) is 7.11 Å². The average Bonchev–Trinajstić information content (AvgIpc) is 2.51. The van der Waals surface area contributed by atoms with Gasteiger partial charge in [0.1, 0.15) is 0 Å². The molecule has 1 heterocycles. The van der Waals surface area contributed by atoms with Crippen LogP contribution in [-0.2, 0) is 16.1 Å². The van der Waals surface area contributed by atoms with Crippen molar-refractivity contribution in [1.29, 1.82) is 0 Å². The zero-order chi connectivity index (χ0) is 17.0. The number of carbonyl (C=O) groups excluding carboxylic acids is 1. The predicted octanol–water partition coefficient (Wildman–Crippen LogP) is 1.83. The van der Waals surface area contributed by atoms with Gasteiger partial charge in [-0.05, 0) is 56.2 Å². The zero-order valence-electron chi connectivity index (χ0n) is 14.7. The van der Waals surface area contributed by atoms with E-state index < -0.39 is 0 Å². The topological polar surface area (TPSA) is 67.6 Å². The molecule has 0 bridgehead atoms. The van der Waals surface area contributed by atoms with Crippen LogP contribution in [0.15, 0.2) is 12.1 Å². The lowest BCUT2D eigenvalue weighted by Gasteiger charge is -2.33. The van der Waals surface area contributed by atoms with Crippen molar-refractivity contribution in [3.63, 3.8) is 0 Å². The molecular weight excluding hydrogens is 290 g/mol. The molecule has 1 amide bonds. The van der Waals surface area contributed by atoms with Gasteiger partial charge in [-0.2, -0.15) is 5.06 Å². The van der Waals surface area contributed by atoms with Crippen LogP contribution < -0.4 is 11.1 Å². The fraction of sp³-hybridized carbons (Fsp3) is 0.611. The lowest BCUT2D eigenvalue weighted by atomic mass is 9.94. The molecule has 0 spiro atoms. The highest BCUT2D eigenvalue weighted by Crippen LogP contribution is 2.20. The summed E-state index contributed by atoms with van der Waals surface area (Å²) in [5.74, 6) is 0.312. The first-order valence-corrected chi connectivity index (χ1v) is 8.31. The third-order valence-electron chi connectivity index (χ3n) is 4.77. The van der Waals surface area contributed by atoms with Gasteiger partial charge in [-0.25, -0.2) is 0 Å². The van der Waals surface area contributed by atoms with E-state index in [4.69, 9.17) is 10.6 Å². The standard InChI is InChI=1S/C18H29N3O2/c1-12-9-13(2)16(14(3)10-12)11-17(22)20-18(19)15-5-7-21(23-4)8-6-15/h9-10,15,18H,5-8,11,19H2,1-4H3,(H,20,22). The highest BCUT2D eigenvalue weighted by atomic mass is 16.7. The Morgan fingerprint density at radius 1 is 1.30 bits per heavy atom. The summed E-state index contributed by atoms with van der Waals surface area (Å²) in [4.78, 5) is 17.6. The van der Waals surface area contributed by atoms with Gasteiger partial charge >= 0.3 is 0 Å².